The molecule has 0 aromatic rings. The predicted molar refractivity (Wildman–Crippen MR) is 39.2 cm³/mol. The average molecular weight is 196 g/mol. The Morgan fingerprint density at radius 2 is 1.50 bits per heavy atom. The summed E-state index contributed by atoms with van der Waals surface area (Å²) >= 11 is 0. The van der Waals surface area contributed by atoms with Gasteiger partial charge in [0.25, 0.3) is 0 Å². The van der Waals surface area contributed by atoms with Crippen molar-refractivity contribution in [1.29, 1.82) is 0 Å². The summed E-state index contributed by atoms with van der Waals surface area (Å²) in [5, 5.41) is 0. The van der Waals surface area contributed by atoms with Crippen molar-refractivity contribution in [1.82, 2.24) is 0 Å². The Labute approximate surface area is 110 Å². The van der Waals surface area contributed by atoms with Gasteiger partial charge in [0.15, 0.2) is 17.4 Å². The summed E-state index contributed by atoms with van der Waals surface area (Å²) in [6.45, 7) is 0. The maximum absolute atomic E-state index is 10.1. The van der Waals surface area contributed by atoms with Crippen LogP contribution in [-0.4, -0.2) is 94.4 Å². The van der Waals surface area contributed by atoms with Crippen LogP contribution in [-0.2, 0) is 4.73 Å². The molecule has 8 heteroatoms. The molecule has 0 aromatic carbocycles. The van der Waals surface area contributed by atoms with Crippen molar-refractivity contribution in [2.45, 2.75) is 0 Å². The molecular weight excluding hydrogens is 188 g/mol. The van der Waals surface area contributed by atoms with E-state index < -0.39 is 8.60 Å². The Kier molecular flexibility index (Phi) is 46.4. The van der Waals surface area contributed by atoms with Crippen LogP contribution < -0.4 is 0 Å². The summed E-state index contributed by atoms with van der Waals surface area (Å²) in [4.78, 5) is 14.8. The van der Waals surface area contributed by atoms with Crippen molar-refractivity contribution < 1.29 is 19.0 Å². The average Bonchev–Trinajstić information content (AvgIpc) is 1.38. The zero-order valence-corrected chi connectivity index (χ0v) is 3.02. The molecule has 44 valence electrons. The minimum absolute atomic E-state index is 0. The van der Waals surface area contributed by atoms with E-state index in [2.05, 4.69) is 4.73 Å². The Hall–Kier alpha value is 3.03. The summed E-state index contributed by atoms with van der Waals surface area (Å²) in [5.41, 5.74) is 0. The normalized spacial score (nSPS) is 6.00. The summed E-state index contributed by atoms with van der Waals surface area (Å²) in [6, 6.07) is 0. The van der Waals surface area contributed by atoms with E-state index in [-0.39, 0.29) is 84.7 Å². The van der Waals surface area contributed by atoms with E-state index in [0.717, 1.165) is 0 Å². The van der Waals surface area contributed by atoms with Gasteiger partial charge in [0.1, 0.15) is 0 Å². The van der Waals surface area contributed by atoms with Crippen LogP contribution in [0.15, 0.2) is 0 Å². The third-order valence-electron chi connectivity index (χ3n) is 0.0617. The van der Waals surface area contributed by atoms with Gasteiger partial charge in [-0.05, 0) is 4.53 Å². The van der Waals surface area contributed by atoms with Crippen LogP contribution in [0.4, 0.5) is 4.53 Å². The van der Waals surface area contributed by atoms with Gasteiger partial charge < -0.3 is 9.79 Å². The Balaban J connectivity index is -0.0000000267. The summed E-state index contributed by atoms with van der Waals surface area (Å²) < 4.78 is 12.6. The van der Waals surface area contributed by atoms with Crippen LogP contribution in [0.2, 0.25) is 0 Å². The molecule has 0 spiro atoms. The molecule has 0 radical (unpaired) electrons. The molecule has 0 bridgehead atoms. The maximum atomic E-state index is 10.1. The van der Waals surface area contributed by atoms with Gasteiger partial charge in [-0.1, -0.05) is 0 Å². The summed E-state index contributed by atoms with van der Waals surface area (Å²) in [7, 11) is -2.76. The summed E-state index contributed by atoms with van der Waals surface area (Å²) in [6.07, 6.45) is 0. The monoisotopic (exact) mass is 196 g/mol. The standard InChI is InChI=1S/Al.Ca.FH2O3P.Na.6H/c;;1-4-5(2)3;;;;;;;/h;;2-3H;;;;;;;. The van der Waals surface area contributed by atoms with Gasteiger partial charge in [0, 0.05) is 0 Å². The van der Waals surface area contributed by atoms with E-state index >= 15 is 0 Å². The molecule has 2 N–H and O–H groups in total. The zero-order chi connectivity index (χ0) is 4.28. The van der Waals surface area contributed by atoms with Gasteiger partial charge >= 0.3 is 75.9 Å². The molecule has 0 saturated carbocycles. The number of hydrogen-bond acceptors (Lipinski definition) is 3. The third kappa shape index (κ3) is 23.0. The molecule has 0 unspecified atom stereocenters. The van der Waals surface area contributed by atoms with Gasteiger partial charge in [-0.3, -0.25) is 0 Å². The van der Waals surface area contributed by atoms with Gasteiger partial charge in [-0.2, -0.15) is 0 Å². The van der Waals surface area contributed by atoms with Crippen LogP contribution in [0.3, 0.4) is 0 Å². The molecule has 0 fully saturated rings. The van der Waals surface area contributed by atoms with E-state index in [0.29, 0.717) is 0 Å². The van der Waals surface area contributed by atoms with E-state index in [1.807, 2.05) is 0 Å². The van der Waals surface area contributed by atoms with Crippen molar-refractivity contribution in [3.05, 3.63) is 0 Å². The first-order chi connectivity index (χ1) is 2.27. The molecule has 0 aliphatic heterocycles. The molecule has 0 amide bonds. The number of rotatable bonds is 1. The van der Waals surface area contributed by atoms with Crippen molar-refractivity contribution in [3.63, 3.8) is 0 Å². The van der Waals surface area contributed by atoms with Crippen LogP contribution >= 0.6 is 8.60 Å². The van der Waals surface area contributed by atoms with Crippen LogP contribution in [0.25, 0.3) is 0 Å². The third-order valence-corrected chi connectivity index (χ3v) is 0.185. The molecule has 0 aliphatic carbocycles. The fourth-order valence-corrected chi connectivity index (χ4v) is 0. The van der Waals surface area contributed by atoms with Crippen molar-refractivity contribution in [3.8, 4) is 0 Å². The Morgan fingerprint density at radius 1 is 1.38 bits per heavy atom. The molecule has 0 heterocycles. The molecular formula is H8AlCaFNaO3P. The Bertz CT molecular complexity index is 33.2. The van der Waals surface area contributed by atoms with Crippen molar-refractivity contribution in [2.24, 2.45) is 0 Å². The molecule has 0 rings (SSSR count). The first-order valence-corrected chi connectivity index (χ1v) is 1.90. The second-order valence-electron chi connectivity index (χ2n) is 0.322. The SMILES string of the molecule is OP(O)OF.[AlH3].[CaH2].[NaH]. The molecule has 0 aromatic heterocycles. The molecule has 0 aliphatic rings. The van der Waals surface area contributed by atoms with Gasteiger partial charge in [-0.15, -0.1) is 4.73 Å². The van der Waals surface area contributed by atoms with Crippen LogP contribution in [0.5, 0.6) is 0 Å². The number of halogens is 1. The predicted octanol–water partition coefficient (Wildman–Crippen LogP) is -2.65. The minimum atomic E-state index is -2.76. The number of hydrogen-bond donors (Lipinski definition) is 2. The fraction of sp³-hybridized carbons (Fsp3) is 0. The fourth-order valence-electron chi connectivity index (χ4n) is 0. The molecule has 0 atom stereocenters. The van der Waals surface area contributed by atoms with Gasteiger partial charge in [-0.25, -0.2) is 0 Å². The first kappa shape index (κ1) is 22.5. The first-order valence-electron chi connectivity index (χ1n) is 0.737. The molecule has 3 nitrogen and oxygen atoms in total. The second-order valence-corrected chi connectivity index (χ2v) is 0.965. The van der Waals surface area contributed by atoms with E-state index in [1.165, 1.54) is 0 Å². The van der Waals surface area contributed by atoms with E-state index in [1.54, 1.807) is 0 Å². The molecule has 0 saturated heterocycles. The van der Waals surface area contributed by atoms with Crippen LogP contribution in [0.1, 0.15) is 0 Å². The van der Waals surface area contributed by atoms with Crippen molar-refractivity contribution in [2.75, 3.05) is 0 Å². The zero-order valence-electron chi connectivity index (χ0n) is 2.13. The Morgan fingerprint density at radius 3 is 1.50 bits per heavy atom. The summed E-state index contributed by atoms with van der Waals surface area (Å²) in [5.74, 6) is 0. The molecule has 8 heavy (non-hydrogen) atoms. The van der Waals surface area contributed by atoms with Crippen molar-refractivity contribution >= 4 is 93.3 Å². The second kappa shape index (κ2) is 16.6. The van der Waals surface area contributed by atoms with Gasteiger partial charge in [0.2, 0.25) is 0 Å². The van der Waals surface area contributed by atoms with E-state index in [4.69, 9.17) is 9.79 Å². The van der Waals surface area contributed by atoms with Crippen LogP contribution in [0, 0.1) is 0 Å². The van der Waals surface area contributed by atoms with Gasteiger partial charge in [0.05, 0.1) is 0 Å². The topological polar surface area (TPSA) is 49.7 Å². The quantitative estimate of drug-likeness (QED) is 0.356. The van der Waals surface area contributed by atoms with E-state index in [9.17, 15) is 4.53 Å².